The smallest absolute Gasteiger partial charge is 0.220 e. The van der Waals surface area contributed by atoms with Crippen LogP contribution < -0.4 is 11.1 Å². The second kappa shape index (κ2) is 14.8. The number of nitrogens with two attached hydrogens (primary N) is 1. The third kappa shape index (κ3) is 10.4. The second-order valence-corrected chi connectivity index (χ2v) is 7.59. The van der Waals surface area contributed by atoms with Gasteiger partial charge in [-0.15, -0.1) is 36.2 Å². The summed E-state index contributed by atoms with van der Waals surface area (Å²) in [6.07, 6.45) is 7.39. The molecule has 1 amide bonds. The van der Waals surface area contributed by atoms with E-state index in [1.54, 1.807) is 0 Å². The number of unbranched alkanes of at least 4 members (excludes halogenated alkanes) is 3. The van der Waals surface area contributed by atoms with E-state index in [1.807, 2.05) is 11.3 Å². The summed E-state index contributed by atoms with van der Waals surface area (Å²) >= 11 is 1.84. The lowest BCUT2D eigenvalue weighted by Crippen LogP contribution is -2.38. The fraction of sp³-hybridized carbons (Fsp3) is 0.722. The molecular weight excluding hydrogens is 377 g/mol. The van der Waals surface area contributed by atoms with Gasteiger partial charge in [-0.05, 0) is 62.7 Å². The van der Waals surface area contributed by atoms with Gasteiger partial charge in [0.25, 0.3) is 0 Å². The SMILES string of the molecule is Cl.Cl.NCCCCCCC(=O)NCC1CCN(Cc2cccs2)CC1. The Kier molecular flexibility index (Phi) is 14.6. The zero-order valence-corrected chi connectivity index (χ0v) is 17.4. The fourth-order valence-corrected chi connectivity index (χ4v) is 3.85. The van der Waals surface area contributed by atoms with Crippen molar-refractivity contribution in [2.24, 2.45) is 11.7 Å². The fourth-order valence-electron chi connectivity index (χ4n) is 3.10. The molecule has 25 heavy (non-hydrogen) atoms. The van der Waals surface area contributed by atoms with Gasteiger partial charge in [0.15, 0.2) is 0 Å². The number of amides is 1. The number of nitrogens with one attached hydrogen (secondary N) is 1. The number of nitrogens with zero attached hydrogens (tertiary/aromatic N) is 1. The molecule has 2 heterocycles. The Labute approximate surface area is 168 Å². The van der Waals surface area contributed by atoms with Crippen molar-refractivity contribution >= 4 is 42.1 Å². The molecule has 146 valence electrons. The van der Waals surface area contributed by atoms with Crippen LogP contribution in [-0.2, 0) is 11.3 Å². The molecular formula is C18H33Cl2N3OS. The highest BCUT2D eigenvalue weighted by Gasteiger charge is 2.19. The summed E-state index contributed by atoms with van der Waals surface area (Å²) in [5.74, 6) is 0.870. The van der Waals surface area contributed by atoms with Gasteiger partial charge in [0, 0.05) is 24.4 Å². The second-order valence-electron chi connectivity index (χ2n) is 6.56. The van der Waals surface area contributed by atoms with Gasteiger partial charge >= 0.3 is 0 Å². The number of rotatable bonds is 10. The maximum absolute atomic E-state index is 11.8. The van der Waals surface area contributed by atoms with Crippen molar-refractivity contribution < 1.29 is 4.79 Å². The van der Waals surface area contributed by atoms with Gasteiger partial charge in [-0.3, -0.25) is 9.69 Å². The molecule has 0 bridgehead atoms. The number of likely N-dealkylation sites (tertiary alicyclic amines) is 1. The van der Waals surface area contributed by atoms with Gasteiger partial charge in [-0.2, -0.15) is 0 Å². The lowest BCUT2D eigenvalue weighted by atomic mass is 9.96. The molecule has 1 aliphatic heterocycles. The minimum absolute atomic E-state index is 0. The summed E-state index contributed by atoms with van der Waals surface area (Å²) in [5, 5.41) is 5.27. The molecule has 0 aliphatic carbocycles. The van der Waals surface area contributed by atoms with Crippen LogP contribution in [0.5, 0.6) is 0 Å². The predicted molar refractivity (Wildman–Crippen MR) is 112 cm³/mol. The number of carbonyl (C=O) groups is 1. The van der Waals surface area contributed by atoms with Crippen molar-refractivity contribution in [2.75, 3.05) is 26.2 Å². The van der Waals surface area contributed by atoms with Crippen molar-refractivity contribution in [1.82, 2.24) is 10.2 Å². The Bertz CT molecular complexity index is 438. The number of piperidine rings is 1. The molecule has 0 saturated carbocycles. The first-order valence-electron chi connectivity index (χ1n) is 8.99. The molecule has 4 nitrogen and oxygen atoms in total. The quantitative estimate of drug-likeness (QED) is 0.577. The van der Waals surface area contributed by atoms with Crippen molar-refractivity contribution in [3.8, 4) is 0 Å². The molecule has 0 unspecified atom stereocenters. The third-order valence-corrected chi connectivity index (χ3v) is 5.47. The largest absolute Gasteiger partial charge is 0.356 e. The summed E-state index contributed by atoms with van der Waals surface area (Å²) in [7, 11) is 0. The van der Waals surface area contributed by atoms with Gasteiger partial charge in [-0.25, -0.2) is 0 Å². The molecule has 0 radical (unpaired) electrons. The molecule has 1 saturated heterocycles. The molecule has 7 heteroatoms. The van der Waals surface area contributed by atoms with Crippen LogP contribution in [0.1, 0.15) is 49.8 Å². The Morgan fingerprint density at radius 1 is 1.20 bits per heavy atom. The maximum Gasteiger partial charge on any atom is 0.220 e. The standard InChI is InChI=1S/C18H31N3OS.2ClH/c19-10-4-2-1-3-7-18(22)20-14-16-8-11-21(12-9-16)15-17-6-5-13-23-17;;/h5-6,13,16H,1-4,7-12,14-15,19H2,(H,20,22);2*1H. The summed E-state index contributed by atoms with van der Waals surface area (Å²) in [6, 6.07) is 4.34. The van der Waals surface area contributed by atoms with Crippen molar-refractivity contribution in [3.05, 3.63) is 22.4 Å². The van der Waals surface area contributed by atoms with E-state index in [-0.39, 0.29) is 30.7 Å². The summed E-state index contributed by atoms with van der Waals surface area (Å²) in [4.78, 5) is 15.8. The molecule has 1 aromatic heterocycles. The number of hydrogen-bond acceptors (Lipinski definition) is 4. The first kappa shape index (κ1) is 24.7. The van der Waals surface area contributed by atoms with Crippen molar-refractivity contribution in [1.29, 1.82) is 0 Å². The number of hydrogen-bond donors (Lipinski definition) is 2. The zero-order chi connectivity index (χ0) is 16.3. The molecule has 0 aromatic carbocycles. The van der Waals surface area contributed by atoms with Crippen LogP contribution in [0.3, 0.4) is 0 Å². The van der Waals surface area contributed by atoms with E-state index in [2.05, 4.69) is 27.7 Å². The predicted octanol–water partition coefficient (Wildman–Crippen LogP) is 3.83. The molecule has 0 spiro atoms. The van der Waals surface area contributed by atoms with Crippen LogP contribution in [0.15, 0.2) is 17.5 Å². The maximum atomic E-state index is 11.8. The van der Waals surface area contributed by atoms with Gasteiger partial charge in [-0.1, -0.05) is 18.9 Å². The first-order valence-corrected chi connectivity index (χ1v) is 9.87. The van der Waals surface area contributed by atoms with E-state index in [0.717, 1.165) is 58.4 Å². The van der Waals surface area contributed by atoms with Gasteiger partial charge in [0.05, 0.1) is 0 Å². The normalized spacial score (nSPS) is 15.2. The first-order chi connectivity index (χ1) is 11.3. The Morgan fingerprint density at radius 2 is 1.92 bits per heavy atom. The Balaban J connectivity index is 0.00000288. The van der Waals surface area contributed by atoms with Crippen LogP contribution in [-0.4, -0.2) is 37.0 Å². The van der Waals surface area contributed by atoms with Crippen molar-refractivity contribution in [3.63, 3.8) is 0 Å². The third-order valence-electron chi connectivity index (χ3n) is 4.61. The van der Waals surface area contributed by atoms with Crippen LogP contribution in [0, 0.1) is 5.92 Å². The van der Waals surface area contributed by atoms with E-state index in [9.17, 15) is 4.79 Å². The zero-order valence-electron chi connectivity index (χ0n) is 15.0. The minimum atomic E-state index is 0. The van der Waals surface area contributed by atoms with Crippen LogP contribution in [0.2, 0.25) is 0 Å². The highest BCUT2D eigenvalue weighted by Crippen LogP contribution is 2.20. The van der Waals surface area contributed by atoms with Crippen LogP contribution >= 0.6 is 36.2 Å². The summed E-state index contributed by atoms with van der Waals surface area (Å²) < 4.78 is 0. The Morgan fingerprint density at radius 3 is 2.56 bits per heavy atom. The summed E-state index contributed by atoms with van der Waals surface area (Å²) in [6.45, 7) is 5.00. The van der Waals surface area contributed by atoms with E-state index < -0.39 is 0 Å². The lowest BCUT2D eigenvalue weighted by molar-refractivity contribution is -0.121. The number of thiophene rings is 1. The Hall–Kier alpha value is -0.330. The average Bonchev–Trinajstić information content (AvgIpc) is 3.07. The van der Waals surface area contributed by atoms with Gasteiger partial charge < -0.3 is 11.1 Å². The highest BCUT2D eigenvalue weighted by molar-refractivity contribution is 7.09. The van der Waals surface area contributed by atoms with Gasteiger partial charge in [0.1, 0.15) is 0 Å². The topological polar surface area (TPSA) is 58.4 Å². The monoisotopic (exact) mass is 409 g/mol. The van der Waals surface area contributed by atoms with Crippen molar-refractivity contribution in [2.45, 2.75) is 51.5 Å². The highest BCUT2D eigenvalue weighted by atomic mass is 35.5. The van der Waals surface area contributed by atoms with Crippen LogP contribution in [0.4, 0.5) is 0 Å². The lowest BCUT2D eigenvalue weighted by Gasteiger charge is -2.31. The molecule has 1 aromatic rings. The minimum Gasteiger partial charge on any atom is -0.356 e. The summed E-state index contributed by atoms with van der Waals surface area (Å²) in [5.41, 5.74) is 5.47. The molecule has 3 N–H and O–H groups in total. The average molecular weight is 410 g/mol. The number of halogens is 2. The van der Waals surface area contributed by atoms with E-state index in [1.165, 1.54) is 17.7 Å². The number of carbonyl (C=O) groups excluding carboxylic acids is 1. The van der Waals surface area contributed by atoms with E-state index >= 15 is 0 Å². The molecule has 1 aliphatic rings. The van der Waals surface area contributed by atoms with Crippen LogP contribution in [0.25, 0.3) is 0 Å². The molecule has 1 fully saturated rings. The molecule has 2 rings (SSSR count). The van der Waals surface area contributed by atoms with E-state index in [0.29, 0.717) is 12.3 Å². The van der Waals surface area contributed by atoms with Gasteiger partial charge in [0.2, 0.25) is 5.91 Å². The molecule has 0 atom stereocenters. The van der Waals surface area contributed by atoms with E-state index in [4.69, 9.17) is 5.73 Å².